The second kappa shape index (κ2) is 7.26. The molecule has 0 radical (unpaired) electrons. The van der Waals surface area contributed by atoms with E-state index in [9.17, 15) is 4.39 Å². The lowest BCUT2D eigenvalue weighted by atomic mass is 9.80. The van der Waals surface area contributed by atoms with Crippen LogP contribution in [0.15, 0.2) is 18.2 Å². The molecule has 3 heteroatoms. The standard InChI is InChI=1S/C18H28FNO/c1-4-15(20)11-14-6-5-7-17(19)18(14)21-16-9-8-12(2)13(3)10-16/h5-7,12-13,15-16H,4,8-11,20H2,1-3H3. The molecule has 1 aliphatic rings. The molecule has 1 saturated carbocycles. The molecule has 1 aliphatic carbocycles. The zero-order valence-electron chi connectivity index (χ0n) is 13.4. The first kappa shape index (κ1) is 16.3. The zero-order chi connectivity index (χ0) is 15.4. The van der Waals surface area contributed by atoms with E-state index in [1.54, 1.807) is 6.07 Å². The molecule has 0 aromatic heterocycles. The summed E-state index contributed by atoms with van der Waals surface area (Å²) < 4.78 is 20.2. The molecule has 1 aromatic carbocycles. The van der Waals surface area contributed by atoms with Crippen molar-refractivity contribution in [3.8, 4) is 5.75 Å². The number of hydrogen-bond acceptors (Lipinski definition) is 2. The van der Waals surface area contributed by atoms with Gasteiger partial charge in [-0.1, -0.05) is 32.9 Å². The Bertz CT molecular complexity index is 463. The lowest BCUT2D eigenvalue weighted by molar-refractivity contribution is 0.0957. The summed E-state index contributed by atoms with van der Waals surface area (Å²) in [6.07, 6.45) is 4.86. The second-order valence-electron chi connectivity index (χ2n) is 6.61. The molecule has 0 aliphatic heterocycles. The summed E-state index contributed by atoms with van der Waals surface area (Å²) in [5, 5.41) is 0. The monoisotopic (exact) mass is 293 g/mol. The zero-order valence-corrected chi connectivity index (χ0v) is 13.4. The minimum Gasteiger partial charge on any atom is -0.487 e. The van der Waals surface area contributed by atoms with Crippen LogP contribution in [0, 0.1) is 17.7 Å². The Morgan fingerprint density at radius 3 is 2.71 bits per heavy atom. The summed E-state index contributed by atoms with van der Waals surface area (Å²) >= 11 is 0. The number of benzene rings is 1. The third kappa shape index (κ3) is 4.19. The van der Waals surface area contributed by atoms with E-state index < -0.39 is 0 Å². The fourth-order valence-corrected chi connectivity index (χ4v) is 3.04. The van der Waals surface area contributed by atoms with Crippen LogP contribution in [0.1, 0.15) is 52.0 Å². The first-order chi connectivity index (χ1) is 10.0. The first-order valence-electron chi connectivity index (χ1n) is 8.20. The molecule has 2 rings (SSSR count). The molecule has 118 valence electrons. The number of rotatable bonds is 5. The Morgan fingerprint density at radius 2 is 2.05 bits per heavy atom. The van der Waals surface area contributed by atoms with Crippen LogP contribution in [0.5, 0.6) is 5.75 Å². The van der Waals surface area contributed by atoms with E-state index in [2.05, 4.69) is 20.8 Å². The third-order valence-electron chi connectivity index (χ3n) is 4.89. The van der Waals surface area contributed by atoms with E-state index in [0.717, 1.165) is 37.2 Å². The minimum atomic E-state index is -0.262. The number of nitrogens with two attached hydrogens (primary N) is 1. The van der Waals surface area contributed by atoms with Crippen molar-refractivity contribution in [1.29, 1.82) is 0 Å². The maximum atomic E-state index is 14.2. The first-order valence-corrected chi connectivity index (χ1v) is 8.20. The second-order valence-corrected chi connectivity index (χ2v) is 6.61. The van der Waals surface area contributed by atoms with Gasteiger partial charge in [0.1, 0.15) is 0 Å². The van der Waals surface area contributed by atoms with Gasteiger partial charge in [0.25, 0.3) is 0 Å². The van der Waals surface area contributed by atoms with Crippen LogP contribution in [0.25, 0.3) is 0 Å². The quantitative estimate of drug-likeness (QED) is 0.878. The van der Waals surface area contributed by atoms with Gasteiger partial charge in [0, 0.05) is 6.04 Å². The number of para-hydroxylation sites is 1. The van der Waals surface area contributed by atoms with E-state index >= 15 is 0 Å². The van der Waals surface area contributed by atoms with Crippen LogP contribution >= 0.6 is 0 Å². The van der Waals surface area contributed by atoms with E-state index in [1.807, 2.05) is 6.07 Å². The van der Waals surface area contributed by atoms with Gasteiger partial charge in [-0.3, -0.25) is 0 Å². The molecular formula is C18H28FNO. The highest BCUT2D eigenvalue weighted by Crippen LogP contribution is 2.34. The summed E-state index contributed by atoms with van der Waals surface area (Å²) in [7, 11) is 0. The van der Waals surface area contributed by atoms with Gasteiger partial charge in [0.2, 0.25) is 0 Å². The van der Waals surface area contributed by atoms with Crippen molar-refractivity contribution in [3.05, 3.63) is 29.6 Å². The smallest absolute Gasteiger partial charge is 0.165 e. The van der Waals surface area contributed by atoms with Crippen molar-refractivity contribution in [2.24, 2.45) is 17.6 Å². The molecule has 1 fully saturated rings. The Hall–Kier alpha value is -1.09. The van der Waals surface area contributed by atoms with Gasteiger partial charge in [-0.15, -0.1) is 0 Å². The Morgan fingerprint density at radius 1 is 1.29 bits per heavy atom. The molecule has 0 saturated heterocycles. The summed E-state index contributed by atoms with van der Waals surface area (Å²) in [6, 6.07) is 5.21. The predicted molar refractivity (Wildman–Crippen MR) is 85.0 cm³/mol. The van der Waals surface area contributed by atoms with Gasteiger partial charge < -0.3 is 10.5 Å². The summed E-state index contributed by atoms with van der Waals surface area (Å²) in [4.78, 5) is 0. The number of hydrogen-bond donors (Lipinski definition) is 1. The number of ether oxygens (including phenoxy) is 1. The predicted octanol–water partition coefficient (Wildman–Crippen LogP) is 4.31. The van der Waals surface area contributed by atoms with Gasteiger partial charge in [-0.05, 0) is 55.6 Å². The van der Waals surface area contributed by atoms with Gasteiger partial charge in [-0.25, -0.2) is 4.39 Å². The van der Waals surface area contributed by atoms with Crippen LogP contribution in [-0.4, -0.2) is 12.1 Å². The lowest BCUT2D eigenvalue weighted by Crippen LogP contribution is -2.29. The topological polar surface area (TPSA) is 35.2 Å². The highest BCUT2D eigenvalue weighted by atomic mass is 19.1. The van der Waals surface area contributed by atoms with E-state index in [1.165, 1.54) is 6.07 Å². The maximum Gasteiger partial charge on any atom is 0.165 e. The SMILES string of the molecule is CCC(N)Cc1cccc(F)c1OC1CCC(C)C(C)C1. The molecule has 21 heavy (non-hydrogen) atoms. The fourth-order valence-electron chi connectivity index (χ4n) is 3.04. The van der Waals surface area contributed by atoms with Crippen LogP contribution in [0.3, 0.4) is 0 Å². The molecule has 1 aromatic rings. The molecule has 0 spiro atoms. The average Bonchev–Trinajstić information content (AvgIpc) is 2.46. The Labute approximate surface area is 127 Å². The average molecular weight is 293 g/mol. The summed E-state index contributed by atoms with van der Waals surface area (Å²) in [5.41, 5.74) is 6.92. The van der Waals surface area contributed by atoms with E-state index in [-0.39, 0.29) is 18.0 Å². The van der Waals surface area contributed by atoms with Crippen LogP contribution in [-0.2, 0) is 6.42 Å². The van der Waals surface area contributed by atoms with E-state index in [0.29, 0.717) is 18.1 Å². The van der Waals surface area contributed by atoms with Gasteiger partial charge in [0.15, 0.2) is 11.6 Å². The number of halogens is 1. The highest BCUT2D eigenvalue weighted by molar-refractivity contribution is 5.36. The van der Waals surface area contributed by atoms with Crippen molar-refractivity contribution >= 4 is 0 Å². The molecule has 2 nitrogen and oxygen atoms in total. The van der Waals surface area contributed by atoms with Crippen LogP contribution in [0.4, 0.5) is 4.39 Å². The van der Waals surface area contributed by atoms with Crippen LogP contribution in [0.2, 0.25) is 0 Å². The highest BCUT2D eigenvalue weighted by Gasteiger charge is 2.27. The van der Waals surface area contributed by atoms with Crippen molar-refractivity contribution in [1.82, 2.24) is 0 Å². The minimum absolute atomic E-state index is 0.0550. The van der Waals surface area contributed by atoms with Crippen molar-refractivity contribution in [2.45, 2.75) is 65.0 Å². The summed E-state index contributed by atoms with van der Waals surface area (Å²) in [5.74, 6) is 1.53. The van der Waals surface area contributed by atoms with Gasteiger partial charge >= 0.3 is 0 Å². The van der Waals surface area contributed by atoms with Crippen LogP contribution < -0.4 is 10.5 Å². The molecule has 4 unspecified atom stereocenters. The third-order valence-corrected chi connectivity index (χ3v) is 4.89. The van der Waals surface area contributed by atoms with Gasteiger partial charge in [-0.2, -0.15) is 0 Å². The Balaban J connectivity index is 2.11. The molecule has 2 N–H and O–H groups in total. The van der Waals surface area contributed by atoms with Crippen molar-refractivity contribution in [2.75, 3.05) is 0 Å². The molecule has 0 amide bonds. The van der Waals surface area contributed by atoms with E-state index in [4.69, 9.17) is 10.5 Å². The summed E-state index contributed by atoms with van der Waals surface area (Å²) in [6.45, 7) is 6.60. The molecular weight excluding hydrogens is 265 g/mol. The van der Waals surface area contributed by atoms with Crippen molar-refractivity contribution in [3.63, 3.8) is 0 Å². The molecule has 0 bridgehead atoms. The largest absolute Gasteiger partial charge is 0.487 e. The Kier molecular flexibility index (Phi) is 5.63. The molecule has 0 heterocycles. The normalized spacial score (nSPS) is 27.4. The fraction of sp³-hybridized carbons (Fsp3) is 0.667. The molecule has 4 atom stereocenters. The van der Waals surface area contributed by atoms with Gasteiger partial charge in [0.05, 0.1) is 6.10 Å². The van der Waals surface area contributed by atoms with Crippen molar-refractivity contribution < 1.29 is 9.13 Å². The lowest BCUT2D eigenvalue weighted by Gasteiger charge is -2.32. The maximum absolute atomic E-state index is 14.2.